The van der Waals surface area contributed by atoms with Crippen LogP contribution in [0.2, 0.25) is 0 Å². The molecule has 0 radical (unpaired) electrons. The second kappa shape index (κ2) is 6.15. The lowest BCUT2D eigenvalue weighted by Gasteiger charge is -2.16. The second-order valence-electron chi connectivity index (χ2n) is 4.74. The van der Waals surface area contributed by atoms with Gasteiger partial charge in [-0.05, 0) is 26.7 Å². The van der Waals surface area contributed by atoms with Crippen LogP contribution in [0.25, 0.3) is 0 Å². The lowest BCUT2D eigenvalue weighted by atomic mass is 10.3. The molecule has 4 N–H and O–H groups in total. The molecule has 0 aromatic carbocycles. The van der Waals surface area contributed by atoms with Gasteiger partial charge in [0.1, 0.15) is 5.01 Å². The predicted octanol–water partition coefficient (Wildman–Crippen LogP) is 1.86. The number of guanidine groups is 1. The van der Waals surface area contributed by atoms with E-state index < -0.39 is 0 Å². The Balaban J connectivity index is 1.97. The molecule has 0 amide bonds. The summed E-state index contributed by atoms with van der Waals surface area (Å²) in [6, 6.07) is 0.536. The fraction of sp³-hybridized carbons (Fsp3) is 0.667. The smallest absolute Gasteiger partial charge is 0.206 e. The van der Waals surface area contributed by atoms with Gasteiger partial charge in [0, 0.05) is 11.1 Å². The lowest BCUT2D eigenvalue weighted by molar-refractivity contribution is 0.650. The first-order valence-electron chi connectivity index (χ1n) is 6.42. The van der Waals surface area contributed by atoms with Gasteiger partial charge in [0.25, 0.3) is 0 Å². The summed E-state index contributed by atoms with van der Waals surface area (Å²) in [5.74, 6) is 6.19. The molecule has 0 spiro atoms. The van der Waals surface area contributed by atoms with Crippen LogP contribution in [0.5, 0.6) is 0 Å². The van der Waals surface area contributed by atoms with Gasteiger partial charge in [-0.3, -0.25) is 5.43 Å². The Bertz CT molecular complexity index is 408. The first-order chi connectivity index (χ1) is 8.69. The molecule has 1 fully saturated rings. The molecule has 0 aliphatic heterocycles. The maximum absolute atomic E-state index is 5.52. The van der Waals surface area contributed by atoms with Gasteiger partial charge in [0.05, 0.1) is 12.1 Å². The predicted molar refractivity (Wildman–Crippen MR) is 75.4 cm³/mol. The summed E-state index contributed by atoms with van der Waals surface area (Å²) in [6.45, 7) is 4.13. The number of hydrogen-bond donors (Lipinski definition) is 3. The fourth-order valence-corrected chi connectivity index (χ4v) is 2.95. The quantitative estimate of drug-likeness (QED) is 0.338. The summed E-state index contributed by atoms with van der Waals surface area (Å²) >= 11 is 1.69. The first kappa shape index (κ1) is 13.3. The Hall–Kier alpha value is -1.14. The van der Waals surface area contributed by atoms with Gasteiger partial charge in [-0.1, -0.05) is 12.8 Å². The highest BCUT2D eigenvalue weighted by Gasteiger charge is 2.16. The molecule has 1 atom stereocenters. The van der Waals surface area contributed by atoms with Crippen LogP contribution in [0, 0.1) is 6.92 Å². The molecule has 1 aliphatic carbocycles. The van der Waals surface area contributed by atoms with E-state index in [-0.39, 0.29) is 6.04 Å². The fourth-order valence-electron chi connectivity index (χ4n) is 2.17. The minimum atomic E-state index is 0.125. The highest BCUT2D eigenvalue weighted by Crippen LogP contribution is 2.21. The third-order valence-corrected chi connectivity index (χ3v) is 4.23. The van der Waals surface area contributed by atoms with E-state index in [9.17, 15) is 0 Å². The molecule has 1 aliphatic rings. The maximum atomic E-state index is 5.52. The minimum absolute atomic E-state index is 0.125. The van der Waals surface area contributed by atoms with Crippen LogP contribution in [0.15, 0.2) is 11.2 Å². The van der Waals surface area contributed by atoms with Crippen LogP contribution in [0.4, 0.5) is 0 Å². The van der Waals surface area contributed by atoms with Crippen molar-refractivity contribution in [3.63, 3.8) is 0 Å². The van der Waals surface area contributed by atoms with Crippen molar-refractivity contribution in [1.29, 1.82) is 0 Å². The van der Waals surface area contributed by atoms with E-state index in [1.54, 1.807) is 11.3 Å². The van der Waals surface area contributed by atoms with Crippen molar-refractivity contribution in [2.24, 2.45) is 10.8 Å². The summed E-state index contributed by atoms with van der Waals surface area (Å²) in [6.07, 6.45) is 6.76. The molecule has 1 saturated carbocycles. The Labute approximate surface area is 112 Å². The monoisotopic (exact) mass is 267 g/mol. The van der Waals surface area contributed by atoms with Crippen LogP contribution in [-0.2, 0) is 0 Å². The summed E-state index contributed by atoms with van der Waals surface area (Å²) in [4.78, 5) is 10.2. The molecule has 0 saturated heterocycles. The van der Waals surface area contributed by atoms with E-state index in [1.165, 1.54) is 17.7 Å². The van der Waals surface area contributed by atoms with E-state index in [0.29, 0.717) is 12.0 Å². The molecule has 2 rings (SSSR count). The Morgan fingerprint density at radius 1 is 1.56 bits per heavy atom. The summed E-state index contributed by atoms with van der Waals surface area (Å²) in [7, 11) is 0. The van der Waals surface area contributed by atoms with Crippen LogP contribution in [0.1, 0.15) is 48.5 Å². The van der Waals surface area contributed by atoms with Gasteiger partial charge in [0.15, 0.2) is 0 Å². The van der Waals surface area contributed by atoms with Gasteiger partial charge in [0.2, 0.25) is 5.96 Å². The first-order valence-corrected chi connectivity index (χ1v) is 7.24. The van der Waals surface area contributed by atoms with Crippen molar-refractivity contribution in [2.75, 3.05) is 0 Å². The number of aromatic nitrogens is 1. The van der Waals surface area contributed by atoms with E-state index >= 15 is 0 Å². The molecule has 1 unspecified atom stereocenters. The van der Waals surface area contributed by atoms with Crippen molar-refractivity contribution in [3.05, 3.63) is 16.1 Å². The van der Waals surface area contributed by atoms with Crippen molar-refractivity contribution in [2.45, 2.75) is 51.6 Å². The van der Waals surface area contributed by atoms with Crippen LogP contribution >= 0.6 is 11.3 Å². The zero-order valence-electron chi connectivity index (χ0n) is 10.9. The zero-order chi connectivity index (χ0) is 13.0. The molecule has 18 heavy (non-hydrogen) atoms. The topological polar surface area (TPSA) is 75.3 Å². The summed E-state index contributed by atoms with van der Waals surface area (Å²) in [5.41, 5.74) is 2.65. The molecule has 5 nitrogen and oxygen atoms in total. The van der Waals surface area contributed by atoms with Gasteiger partial charge in [-0.25, -0.2) is 15.8 Å². The Morgan fingerprint density at radius 2 is 2.28 bits per heavy atom. The molecule has 1 aromatic heterocycles. The Morgan fingerprint density at radius 3 is 2.83 bits per heavy atom. The molecule has 100 valence electrons. The molecular formula is C12H21N5S. The number of aliphatic imine (C=N–C) groups is 1. The molecular weight excluding hydrogens is 246 g/mol. The number of nitrogens with one attached hydrogen (secondary N) is 2. The van der Waals surface area contributed by atoms with Crippen molar-refractivity contribution < 1.29 is 0 Å². The largest absolute Gasteiger partial charge is 0.346 e. The van der Waals surface area contributed by atoms with Crippen LogP contribution < -0.4 is 16.6 Å². The lowest BCUT2D eigenvalue weighted by Crippen LogP contribution is -2.43. The van der Waals surface area contributed by atoms with E-state index in [2.05, 4.69) is 34.6 Å². The standard InChI is InChI=1S/C12H21N5S/c1-8-7-14-11(18-8)9(2)15-12(17-13)16-10-5-3-4-6-10/h7,9-10H,3-6,13H2,1-2H3,(H2,15,16,17). The third-order valence-electron chi connectivity index (χ3n) is 3.14. The maximum Gasteiger partial charge on any atom is 0.206 e. The van der Waals surface area contributed by atoms with Gasteiger partial charge >= 0.3 is 0 Å². The van der Waals surface area contributed by atoms with Crippen LogP contribution in [0.3, 0.4) is 0 Å². The number of nitrogens with zero attached hydrogens (tertiary/aromatic N) is 2. The summed E-state index contributed by atoms with van der Waals surface area (Å²) < 4.78 is 0. The number of nitrogens with two attached hydrogens (primary N) is 1. The normalized spacial score (nSPS) is 18.9. The SMILES string of the molecule is Cc1cnc(C(C)NC(=NC2CCCC2)NN)s1. The summed E-state index contributed by atoms with van der Waals surface area (Å²) in [5, 5.41) is 4.34. The minimum Gasteiger partial charge on any atom is -0.346 e. The van der Waals surface area contributed by atoms with Crippen molar-refractivity contribution in [1.82, 2.24) is 15.7 Å². The number of rotatable bonds is 3. The second-order valence-corrected chi connectivity index (χ2v) is 6.00. The van der Waals surface area contributed by atoms with E-state index in [0.717, 1.165) is 17.8 Å². The number of hydrogen-bond acceptors (Lipinski definition) is 4. The van der Waals surface area contributed by atoms with Gasteiger partial charge < -0.3 is 5.32 Å². The van der Waals surface area contributed by atoms with Gasteiger partial charge in [-0.2, -0.15) is 0 Å². The average molecular weight is 267 g/mol. The zero-order valence-corrected chi connectivity index (χ0v) is 11.8. The van der Waals surface area contributed by atoms with E-state index in [1.807, 2.05) is 6.20 Å². The third kappa shape index (κ3) is 3.43. The van der Waals surface area contributed by atoms with E-state index in [4.69, 9.17) is 5.84 Å². The highest BCUT2D eigenvalue weighted by molar-refractivity contribution is 7.11. The molecule has 0 bridgehead atoms. The molecule has 6 heteroatoms. The number of thiazole rings is 1. The Kier molecular flexibility index (Phi) is 4.54. The molecule has 1 aromatic rings. The number of aryl methyl sites for hydroxylation is 1. The molecule has 1 heterocycles. The number of hydrazine groups is 1. The van der Waals surface area contributed by atoms with Gasteiger partial charge in [-0.15, -0.1) is 11.3 Å². The van der Waals surface area contributed by atoms with Crippen LogP contribution in [-0.4, -0.2) is 17.0 Å². The van der Waals surface area contributed by atoms with Crippen molar-refractivity contribution in [3.8, 4) is 0 Å². The highest BCUT2D eigenvalue weighted by atomic mass is 32.1. The average Bonchev–Trinajstić information content (AvgIpc) is 2.99. The van der Waals surface area contributed by atoms with Crippen molar-refractivity contribution >= 4 is 17.3 Å².